The molecule has 1 atom stereocenters. The van der Waals surface area contributed by atoms with Crippen LogP contribution in [0.4, 0.5) is 16.2 Å². The lowest BCUT2D eigenvalue weighted by atomic mass is 9.84. The molecule has 1 aliphatic carbocycles. The van der Waals surface area contributed by atoms with Gasteiger partial charge < -0.3 is 20.6 Å². The van der Waals surface area contributed by atoms with Gasteiger partial charge in [0.25, 0.3) is 5.91 Å². The lowest BCUT2D eigenvalue weighted by Crippen LogP contribution is -2.52. The maximum Gasteiger partial charge on any atom is 0.321 e. The first-order valence-corrected chi connectivity index (χ1v) is 13.3. The fraction of sp³-hybridized carbons (Fsp3) is 0.448. The van der Waals surface area contributed by atoms with Crippen molar-refractivity contribution in [3.8, 4) is 0 Å². The Morgan fingerprint density at radius 2 is 1.71 bits per heavy atom. The molecular formula is C29H35N5O4. The highest BCUT2D eigenvalue weighted by Gasteiger charge is 2.37. The van der Waals surface area contributed by atoms with Gasteiger partial charge in [-0.1, -0.05) is 30.3 Å². The van der Waals surface area contributed by atoms with Crippen LogP contribution in [0.25, 0.3) is 0 Å². The average Bonchev–Trinajstić information content (AvgIpc) is 3.28. The highest BCUT2D eigenvalue weighted by Crippen LogP contribution is 2.34. The van der Waals surface area contributed by atoms with Gasteiger partial charge in [0.2, 0.25) is 12.1 Å². The minimum Gasteiger partial charge on any atom is -0.390 e. The summed E-state index contributed by atoms with van der Waals surface area (Å²) in [4.78, 5) is 48.2. The molecule has 2 bridgehead atoms. The Kier molecular flexibility index (Phi) is 7.46. The first-order chi connectivity index (χ1) is 18.3. The molecule has 0 spiro atoms. The third-order valence-corrected chi connectivity index (χ3v) is 7.87. The summed E-state index contributed by atoms with van der Waals surface area (Å²) in [7, 11) is 0. The molecule has 6 rings (SSSR count). The van der Waals surface area contributed by atoms with Crippen molar-refractivity contribution in [2.75, 3.05) is 36.5 Å². The topological polar surface area (TPSA) is 114 Å². The van der Waals surface area contributed by atoms with Crippen LogP contribution in [-0.2, 0) is 9.59 Å². The van der Waals surface area contributed by atoms with Crippen molar-refractivity contribution in [1.82, 2.24) is 10.2 Å². The van der Waals surface area contributed by atoms with Crippen LogP contribution in [0.2, 0.25) is 0 Å². The van der Waals surface area contributed by atoms with Crippen molar-refractivity contribution in [1.29, 1.82) is 0 Å². The maximum absolute atomic E-state index is 13.9. The summed E-state index contributed by atoms with van der Waals surface area (Å²) < 4.78 is 0. The fourth-order valence-corrected chi connectivity index (χ4v) is 5.91. The van der Waals surface area contributed by atoms with Crippen molar-refractivity contribution in [2.45, 2.75) is 45.7 Å². The molecule has 0 aromatic heterocycles. The second kappa shape index (κ2) is 10.9. The molecule has 200 valence electrons. The molecule has 3 fully saturated rings. The van der Waals surface area contributed by atoms with Crippen LogP contribution in [0.1, 0.15) is 42.4 Å². The third-order valence-electron chi connectivity index (χ3n) is 7.87. The summed E-state index contributed by atoms with van der Waals surface area (Å²) >= 11 is 0. The van der Waals surface area contributed by atoms with Crippen LogP contribution in [-0.4, -0.2) is 66.0 Å². The third kappa shape index (κ3) is 5.43. The van der Waals surface area contributed by atoms with Gasteiger partial charge in [0.15, 0.2) is 0 Å². The summed E-state index contributed by atoms with van der Waals surface area (Å²) in [5.41, 5.74) is 3.74. The molecule has 0 radical (unpaired) electrons. The Balaban J connectivity index is 1.43. The van der Waals surface area contributed by atoms with E-state index in [9.17, 15) is 19.5 Å². The van der Waals surface area contributed by atoms with Gasteiger partial charge in [-0.3, -0.25) is 19.5 Å². The molecule has 3 heterocycles. The zero-order valence-corrected chi connectivity index (χ0v) is 21.9. The van der Waals surface area contributed by atoms with Gasteiger partial charge in [-0.25, -0.2) is 4.79 Å². The normalized spacial score (nSPS) is 22.8. The number of fused-ring (bicyclic) bond motifs is 5. The summed E-state index contributed by atoms with van der Waals surface area (Å²) in [6, 6.07) is 12.2. The molecule has 2 aromatic rings. The molecule has 1 saturated carbocycles. The second-order valence-corrected chi connectivity index (χ2v) is 10.7. The summed E-state index contributed by atoms with van der Waals surface area (Å²) in [5.74, 6) is 0.391. The number of amides is 4. The molecule has 4 amide bonds. The Labute approximate surface area is 222 Å². The van der Waals surface area contributed by atoms with Crippen molar-refractivity contribution in [3.63, 3.8) is 0 Å². The van der Waals surface area contributed by atoms with Crippen LogP contribution in [0, 0.1) is 25.7 Å². The van der Waals surface area contributed by atoms with E-state index in [4.69, 9.17) is 0 Å². The summed E-state index contributed by atoms with van der Waals surface area (Å²) in [5, 5.41) is 15.5. The highest BCUT2D eigenvalue weighted by atomic mass is 16.3. The van der Waals surface area contributed by atoms with Gasteiger partial charge in [0.1, 0.15) is 6.54 Å². The van der Waals surface area contributed by atoms with Crippen molar-refractivity contribution in [3.05, 3.63) is 59.2 Å². The zero-order chi connectivity index (χ0) is 26.8. The Morgan fingerprint density at radius 1 is 1.03 bits per heavy atom. The first-order valence-electron chi connectivity index (χ1n) is 13.3. The smallest absolute Gasteiger partial charge is 0.321 e. The van der Waals surface area contributed by atoms with E-state index >= 15 is 0 Å². The van der Waals surface area contributed by atoms with Crippen LogP contribution in [0.15, 0.2) is 47.5 Å². The number of carbonyl (C=O) groups is 3. The van der Waals surface area contributed by atoms with E-state index in [0.717, 1.165) is 49.9 Å². The number of nitrogens with one attached hydrogen (secondary N) is 2. The van der Waals surface area contributed by atoms with Crippen molar-refractivity contribution >= 4 is 34.9 Å². The Hall–Kier alpha value is -3.72. The molecule has 0 unspecified atom stereocenters. The van der Waals surface area contributed by atoms with E-state index in [-0.39, 0.29) is 18.2 Å². The monoisotopic (exact) mass is 517 g/mol. The standard InChI is InChI=1S/C29H35N5O4/c1-18-5-3-7-22(13-18)30-29(38)32-27-28(37)34(26-19(2)6-4-8-23(26)24(17-35)31-27)16-25(36)33-14-20-9-10-21(15-33)12-11-20/h3-8,13,20-21,27,35H,9-12,14-17H2,1-2H3,(H2,30,32,38)/t20?,21?,27-/m0/s1. The van der Waals surface area contributed by atoms with E-state index in [0.29, 0.717) is 28.8 Å². The van der Waals surface area contributed by atoms with Crippen LogP contribution >= 0.6 is 0 Å². The molecule has 3 N–H and O–H groups in total. The van der Waals surface area contributed by atoms with Crippen molar-refractivity contribution in [2.24, 2.45) is 16.8 Å². The second-order valence-electron chi connectivity index (χ2n) is 10.7. The molecule has 9 nitrogen and oxygen atoms in total. The molecule has 2 saturated heterocycles. The molecular weight excluding hydrogens is 482 g/mol. The largest absolute Gasteiger partial charge is 0.390 e. The number of urea groups is 1. The van der Waals surface area contributed by atoms with E-state index in [1.165, 1.54) is 4.90 Å². The number of aliphatic hydroxyl groups excluding tert-OH is 1. The predicted molar refractivity (Wildman–Crippen MR) is 146 cm³/mol. The SMILES string of the molecule is Cc1cccc(NC(=O)N[C@@H]2N=C(CO)c3cccc(C)c3N(CC(=O)N3CC4CCC(CC4)C3)C2=O)c1. The van der Waals surface area contributed by atoms with E-state index in [1.807, 2.05) is 49.1 Å². The van der Waals surface area contributed by atoms with Gasteiger partial charge in [-0.2, -0.15) is 0 Å². The quantitative estimate of drug-likeness (QED) is 0.565. The number of nitrogens with zero attached hydrogens (tertiary/aromatic N) is 3. The minimum absolute atomic E-state index is 0.109. The molecule has 4 aliphatic rings. The summed E-state index contributed by atoms with van der Waals surface area (Å²) in [6.07, 6.45) is 3.29. The number of para-hydroxylation sites is 1. The Morgan fingerprint density at radius 3 is 2.37 bits per heavy atom. The van der Waals surface area contributed by atoms with E-state index in [1.54, 1.807) is 12.1 Å². The van der Waals surface area contributed by atoms with Gasteiger partial charge >= 0.3 is 6.03 Å². The minimum atomic E-state index is -1.30. The zero-order valence-electron chi connectivity index (χ0n) is 21.9. The highest BCUT2D eigenvalue weighted by molar-refractivity contribution is 6.15. The van der Waals surface area contributed by atoms with Gasteiger partial charge in [-0.15, -0.1) is 0 Å². The number of hydrogen-bond acceptors (Lipinski definition) is 5. The predicted octanol–water partition coefficient (Wildman–Crippen LogP) is 3.23. The van der Waals surface area contributed by atoms with Gasteiger partial charge in [0, 0.05) is 24.3 Å². The number of benzene rings is 2. The number of aryl methyl sites for hydroxylation is 2. The number of rotatable bonds is 5. The van der Waals surface area contributed by atoms with Gasteiger partial charge in [0.05, 0.1) is 18.0 Å². The van der Waals surface area contributed by atoms with E-state index < -0.39 is 24.7 Å². The van der Waals surface area contributed by atoms with Gasteiger partial charge in [-0.05, 0) is 74.6 Å². The number of aliphatic hydroxyl groups is 1. The number of aliphatic imine (C=N–C) groups is 1. The first kappa shape index (κ1) is 25.9. The Bertz CT molecular complexity index is 1250. The molecule has 9 heteroatoms. The van der Waals surface area contributed by atoms with Crippen LogP contribution < -0.4 is 15.5 Å². The summed E-state index contributed by atoms with van der Waals surface area (Å²) in [6.45, 7) is 4.65. The van der Waals surface area contributed by atoms with Crippen molar-refractivity contribution < 1.29 is 19.5 Å². The number of carbonyl (C=O) groups excluding carboxylic acids is 3. The van der Waals surface area contributed by atoms with Crippen LogP contribution in [0.3, 0.4) is 0 Å². The average molecular weight is 518 g/mol. The lowest BCUT2D eigenvalue weighted by molar-refractivity contribution is -0.132. The molecule has 2 aromatic carbocycles. The number of benzodiazepines with no additional fused rings is 1. The molecule has 3 aliphatic heterocycles. The fourth-order valence-electron chi connectivity index (χ4n) is 5.91. The van der Waals surface area contributed by atoms with Crippen LogP contribution in [0.5, 0.6) is 0 Å². The maximum atomic E-state index is 13.9. The molecule has 38 heavy (non-hydrogen) atoms. The number of hydrogen-bond donors (Lipinski definition) is 3. The number of anilines is 2. The lowest BCUT2D eigenvalue weighted by Gasteiger charge is -2.30. The van der Waals surface area contributed by atoms with E-state index in [2.05, 4.69) is 15.6 Å².